The van der Waals surface area contributed by atoms with E-state index in [-0.39, 0.29) is 11.9 Å². The SMILES string of the molecule is CSC1CCC(NC(=O)C(C)(C)O)CC1. The topological polar surface area (TPSA) is 49.3 Å². The molecule has 1 fully saturated rings. The van der Waals surface area contributed by atoms with Crippen molar-refractivity contribution < 1.29 is 9.90 Å². The molecule has 0 aromatic rings. The van der Waals surface area contributed by atoms with Gasteiger partial charge >= 0.3 is 0 Å². The standard InChI is InChI=1S/C11H21NO2S/c1-11(2,14)10(13)12-8-4-6-9(15-3)7-5-8/h8-9,14H,4-7H2,1-3H3,(H,12,13). The highest BCUT2D eigenvalue weighted by Gasteiger charge is 2.28. The molecule has 1 rings (SSSR count). The number of thioether (sulfide) groups is 1. The lowest BCUT2D eigenvalue weighted by Crippen LogP contribution is -2.47. The summed E-state index contributed by atoms with van der Waals surface area (Å²) < 4.78 is 0. The fourth-order valence-electron chi connectivity index (χ4n) is 1.80. The summed E-state index contributed by atoms with van der Waals surface area (Å²) in [6.07, 6.45) is 6.54. The largest absolute Gasteiger partial charge is 0.381 e. The first-order valence-corrected chi connectivity index (χ1v) is 6.78. The van der Waals surface area contributed by atoms with Crippen molar-refractivity contribution in [2.45, 2.75) is 56.4 Å². The van der Waals surface area contributed by atoms with Gasteiger partial charge in [-0.15, -0.1) is 0 Å². The van der Waals surface area contributed by atoms with Crippen molar-refractivity contribution in [1.82, 2.24) is 5.32 Å². The molecule has 0 radical (unpaired) electrons. The fraction of sp³-hybridized carbons (Fsp3) is 0.909. The Bertz CT molecular complexity index is 217. The van der Waals surface area contributed by atoms with Gasteiger partial charge in [-0.25, -0.2) is 0 Å². The first-order valence-electron chi connectivity index (χ1n) is 5.49. The van der Waals surface area contributed by atoms with Crippen LogP contribution in [0.15, 0.2) is 0 Å². The van der Waals surface area contributed by atoms with E-state index >= 15 is 0 Å². The summed E-state index contributed by atoms with van der Waals surface area (Å²) in [6.45, 7) is 3.05. The molecule has 1 amide bonds. The molecule has 1 aliphatic rings. The van der Waals surface area contributed by atoms with Gasteiger partial charge in [-0.2, -0.15) is 11.8 Å². The van der Waals surface area contributed by atoms with Crippen molar-refractivity contribution in [2.24, 2.45) is 0 Å². The Balaban J connectivity index is 2.33. The predicted octanol–water partition coefficient (Wildman–Crippen LogP) is 1.55. The molecule has 0 aromatic carbocycles. The van der Waals surface area contributed by atoms with E-state index in [2.05, 4.69) is 11.6 Å². The maximum Gasteiger partial charge on any atom is 0.251 e. The van der Waals surface area contributed by atoms with E-state index in [4.69, 9.17) is 0 Å². The summed E-state index contributed by atoms with van der Waals surface area (Å²) in [7, 11) is 0. The van der Waals surface area contributed by atoms with Crippen LogP contribution in [0.5, 0.6) is 0 Å². The molecule has 4 heteroatoms. The number of nitrogens with one attached hydrogen (secondary N) is 1. The van der Waals surface area contributed by atoms with Crippen molar-refractivity contribution in [3.8, 4) is 0 Å². The van der Waals surface area contributed by atoms with Crippen LogP contribution in [-0.2, 0) is 4.79 Å². The van der Waals surface area contributed by atoms with E-state index in [1.165, 1.54) is 13.8 Å². The molecule has 0 saturated heterocycles. The van der Waals surface area contributed by atoms with Crippen molar-refractivity contribution >= 4 is 17.7 Å². The summed E-state index contributed by atoms with van der Waals surface area (Å²) in [5.41, 5.74) is -1.25. The molecule has 0 aromatic heterocycles. The lowest BCUT2D eigenvalue weighted by Gasteiger charge is -2.29. The molecule has 0 bridgehead atoms. The average molecular weight is 231 g/mol. The molecule has 0 spiro atoms. The summed E-state index contributed by atoms with van der Waals surface area (Å²) in [4.78, 5) is 11.5. The molecule has 1 aliphatic carbocycles. The maximum absolute atomic E-state index is 11.5. The summed E-state index contributed by atoms with van der Waals surface area (Å²) in [6, 6.07) is 0.257. The van der Waals surface area contributed by atoms with Crippen LogP contribution in [0.3, 0.4) is 0 Å². The zero-order valence-electron chi connectivity index (χ0n) is 9.75. The van der Waals surface area contributed by atoms with Gasteiger partial charge < -0.3 is 10.4 Å². The van der Waals surface area contributed by atoms with Crippen LogP contribution >= 0.6 is 11.8 Å². The van der Waals surface area contributed by atoms with Gasteiger partial charge in [0.25, 0.3) is 5.91 Å². The summed E-state index contributed by atoms with van der Waals surface area (Å²) in [5, 5.41) is 13.2. The molecule has 3 nitrogen and oxygen atoms in total. The highest BCUT2D eigenvalue weighted by Crippen LogP contribution is 2.26. The summed E-state index contributed by atoms with van der Waals surface area (Å²) >= 11 is 1.91. The van der Waals surface area contributed by atoms with Crippen LogP contribution < -0.4 is 5.32 Å². The van der Waals surface area contributed by atoms with Crippen LogP contribution in [0.25, 0.3) is 0 Å². The average Bonchev–Trinajstić information content (AvgIpc) is 2.17. The van der Waals surface area contributed by atoms with Crippen LogP contribution in [0.4, 0.5) is 0 Å². The Morgan fingerprint density at radius 1 is 1.33 bits per heavy atom. The Labute approximate surface area is 96.0 Å². The van der Waals surface area contributed by atoms with E-state index in [1.54, 1.807) is 0 Å². The molecule has 2 N–H and O–H groups in total. The van der Waals surface area contributed by atoms with Gasteiger partial charge in [0.05, 0.1) is 0 Å². The smallest absolute Gasteiger partial charge is 0.251 e. The maximum atomic E-state index is 11.5. The second-order valence-corrected chi connectivity index (χ2v) is 5.88. The first kappa shape index (κ1) is 12.8. The Morgan fingerprint density at radius 3 is 2.27 bits per heavy atom. The molecule has 15 heavy (non-hydrogen) atoms. The minimum Gasteiger partial charge on any atom is -0.381 e. The normalized spacial score (nSPS) is 27.5. The molecule has 1 saturated carbocycles. The van der Waals surface area contributed by atoms with Crippen LogP contribution in [-0.4, -0.2) is 34.2 Å². The number of amides is 1. The van der Waals surface area contributed by atoms with Crippen molar-refractivity contribution in [1.29, 1.82) is 0 Å². The van der Waals surface area contributed by atoms with Crippen molar-refractivity contribution in [3.63, 3.8) is 0 Å². The number of carbonyl (C=O) groups excluding carboxylic acids is 1. The van der Waals surface area contributed by atoms with Crippen molar-refractivity contribution in [2.75, 3.05) is 6.26 Å². The lowest BCUT2D eigenvalue weighted by molar-refractivity contribution is -0.137. The monoisotopic (exact) mass is 231 g/mol. The minimum absolute atomic E-state index is 0.255. The van der Waals surface area contributed by atoms with Gasteiger partial charge in [0.1, 0.15) is 5.60 Å². The van der Waals surface area contributed by atoms with Crippen LogP contribution in [0.2, 0.25) is 0 Å². The van der Waals surface area contributed by atoms with E-state index in [9.17, 15) is 9.90 Å². The van der Waals surface area contributed by atoms with Gasteiger partial charge in [-0.3, -0.25) is 4.79 Å². The van der Waals surface area contributed by atoms with E-state index in [0.717, 1.165) is 30.9 Å². The number of hydrogen-bond donors (Lipinski definition) is 2. The predicted molar refractivity (Wildman–Crippen MR) is 64.0 cm³/mol. The second-order valence-electron chi connectivity index (χ2n) is 4.74. The molecule has 0 atom stereocenters. The van der Waals surface area contributed by atoms with Gasteiger partial charge in [0, 0.05) is 11.3 Å². The number of carbonyl (C=O) groups is 1. The quantitative estimate of drug-likeness (QED) is 0.775. The molecule has 88 valence electrons. The van der Waals surface area contributed by atoms with Gasteiger partial charge in [0.15, 0.2) is 0 Å². The number of aliphatic hydroxyl groups is 1. The molecular formula is C11H21NO2S. The molecule has 0 unspecified atom stereocenters. The number of rotatable bonds is 3. The Morgan fingerprint density at radius 2 is 1.87 bits per heavy atom. The zero-order chi connectivity index (χ0) is 11.5. The molecule has 0 heterocycles. The highest BCUT2D eigenvalue weighted by atomic mass is 32.2. The third-order valence-corrected chi connectivity index (χ3v) is 4.04. The fourth-order valence-corrected chi connectivity index (χ4v) is 2.55. The molecule has 0 aliphatic heterocycles. The van der Waals surface area contributed by atoms with Gasteiger partial charge in [-0.05, 0) is 45.8 Å². The highest BCUT2D eigenvalue weighted by molar-refractivity contribution is 7.99. The van der Waals surface area contributed by atoms with E-state index in [1.807, 2.05) is 11.8 Å². The van der Waals surface area contributed by atoms with Crippen LogP contribution in [0.1, 0.15) is 39.5 Å². The molecular weight excluding hydrogens is 210 g/mol. The van der Waals surface area contributed by atoms with E-state index in [0.29, 0.717) is 0 Å². The zero-order valence-corrected chi connectivity index (χ0v) is 10.6. The Hall–Kier alpha value is -0.220. The first-order chi connectivity index (χ1) is 6.93. The second kappa shape index (κ2) is 5.21. The van der Waals surface area contributed by atoms with Gasteiger partial charge in [-0.1, -0.05) is 0 Å². The van der Waals surface area contributed by atoms with Crippen LogP contribution in [0, 0.1) is 0 Å². The third-order valence-electron chi connectivity index (χ3n) is 2.90. The minimum atomic E-state index is -1.25. The lowest BCUT2D eigenvalue weighted by atomic mass is 9.94. The third kappa shape index (κ3) is 4.03. The Kier molecular flexibility index (Phi) is 4.46. The van der Waals surface area contributed by atoms with E-state index < -0.39 is 5.60 Å². The van der Waals surface area contributed by atoms with Gasteiger partial charge in [0.2, 0.25) is 0 Å². The van der Waals surface area contributed by atoms with Crippen molar-refractivity contribution in [3.05, 3.63) is 0 Å². The summed E-state index contributed by atoms with van der Waals surface area (Å²) in [5.74, 6) is -0.255. The number of hydrogen-bond acceptors (Lipinski definition) is 3.